The first-order valence-electron chi connectivity index (χ1n) is 6.00. The number of halogens is 1. The SMILES string of the molecule is Cc1cc(Br)cc(S(N)(=O)=O)c1OCc1nnc(C)n1C. The van der Waals surface area contributed by atoms with Gasteiger partial charge >= 0.3 is 0 Å². The number of nitrogens with two attached hydrogens (primary N) is 1. The fourth-order valence-electron chi connectivity index (χ4n) is 1.81. The van der Waals surface area contributed by atoms with E-state index in [9.17, 15) is 8.42 Å². The summed E-state index contributed by atoms with van der Waals surface area (Å²) in [5.74, 6) is 1.56. The third-order valence-corrected chi connectivity index (χ3v) is 4.41. The molecular formula is C12H15BrN4O3S. The van der Waals surface area contributed by atoms with Crippen molar-refractivity contribution in [1.29, 1.82) is 0 Å². The standard InChI is InChI=1S/C12H15BrN4O3S/c1-7-4-9(13)5-10(21(14,18)19)12(7)20-6-11-16-15-8(2)17(11)3/h4-5H,6H2,1-3H3,(H2,14,18,19). The van der Waals surface area contributed by atoms with Gasteiger partial charge < -0.3 is 9.30 Å². The number of aromatic nitrogens is 3. The second-order valence-corrected chi connectivity index (χ2v) is 7.05. The van der Waals surface area contributed by atoms with Crippen LogP contribution in [-0.4, -0.2) is 23.2 Å². The second-order valence-electron chi connectivity index (χ2n) is 4.61. The van der Waals surface area contributed by atoms with Crippen molar-refractivity contribution < 1.29 is 13.2 Å². The van der Waals surface area contributed by atoms with Crippen LogP contribution in [0.15, 0.2) is 21.5 Å². The molecule has 1 aromatic heterocycles. The number of aryl methyl sites for hydroxylation is 2. The quantitative estimate of drug-likeness (QED) is 0.871. The molecule has 9 heteroatoms. The minimum absolute atomic E-state index is 0.0618. The van der Waals surface area contributed by atoms with Gasteiger partial charge in [0, 0.05) is 11.5 Å². The molecule has 0 saturated heterocycles. The topological polar surface area (TPSA) is 100 Å². The molecule has 21 heavy (non-hydrogen) atoms. The van der Waals surface area contributed by atoms with Crippen LogP contribution < -0.4 is 9.88 Å². The van der Waals surface area contributed by atoms with Gasteiger partial charge in [0.1, 0.15) is 23.1 Å². The maximum Gasteiger partial charge on any atom is 0.241 e. The van der Waals surface area contributed by atoms with Crippen LogP contribution in [0.25, 0.3) is 0 Å². The molecule has 0 saturated carbocycles. The lowest BCUT2D eigenvalue weighted by atomic mass is 10.2. The molecule has 0 bridgehead atoms. The molecule has 2 rings (SSSR count). The second kappa shape index (κ2) is 5.74. The number of hydrogen-bond acceptors (Lipinski definition) is 5. The normalized spacial score (nSPS) is 11.7. The average molecular weight is 375 g/mol. The van der Waals surface area contributed by atoms with Gasteiger partial charge in [0.2, 0.25) is 10.0 Å². The van der Waals surface area contributed by atoms with Crippen LogP contribution in [0.4, 0.5) is 0 Å². The van der Waals surface area contributed by atoms with E-state index in [0.29, 0.717) is 15.9 Å². The van der Waals surface area contributed by atoms with Gasteiger partial charge in [0.25, 0.3) is 0 Å². The molecule has 0 spiro atoms. The van der Waals surface area contributed by atoms with Gasteiger partial charge in [-0.2, -0.15) is 0 Å². The van der Waals surface area contributed by atoms with E-state index in [0.717, 1.165) is 5.82 Å². The monoisotopic (exact) mass is 374 g/mol. The van der Waals surface area contributed by atoms with Gasteiger partial charge in [-0.05, 0) is 31.5 Å². The van der Waals surface area contributed by atoms with E-state index in [2.05, 4.69) is 26.1 Å². The molecule has 7 nitrogen and oxygen atoms in total. The molecule has 0 aliphatic heterocycles. The molecule has 1 heterocycles. The van der Waals surface area contributed by atoms with Gasteiger partial charge in [0.05, 0.1) is 0 Å². The Morgan fingerprint density at radius 1 is 1.33 bits per heavy atom. The number of primary sulfonamides is 1. The number of nitrogens with zero attached hydrogens (tertiary/aromatic N) is 3. The van der Waals surface area contributed by atoms with E-state index in [1.807, 2.05) is 14.0 Å². The van der Waals surface area contributed by atoms with Crippen LogP contribution in [0.3, 0.4) is 0 Å². The first-order valence-corrected chi connectivity index (χ1v) is 8.34. The molecule has 0 atom stereocenters. The third-order valence-electron chi connectivity index (χ3n) is 3.04. The molecule has 2 N–H and O–H groups in total. The number of sulfonamides is 1. The Balaban J connectivity index is 2.38. The molecule has 0 aliphatic carbocycles. The Bertz CT molecular complexity index is 786. The van der Waals surface area contributed by atoms with E-state index in [1.165, 1.54) is 6.07 Å². The molecule has 0 aliphatic rings. The molecule has 0 unspecified atom stereocenters. The zero-order valence-corrected chi connectivity index (χ0v) is 14.2. The van der Waals surface area contributed by atoms with Gasteiger partial charge in [0.15, 0.2) is 5.82 Å². The largest absolute Gasteiger partial charge is 0.484 e. The summed E-state index contributed by atoms with van der Waals surface area (Å²) in [6.07, 6.45) is 0. The molecule has 0 radical (unpaired) electrons. The smallest absolute Gasteiger partial charge is 0.241 e. The van der Waals surface area contributed by atoms with Crippen LogP contribution in [0.5, 0.6) is 5.75 Å². The van der Waals surface area contributed by atoms with E-state index < -0.39 is 10.0 Å². The van der Waals surface area contributed by atoms with E-state index in [-0.39, 0.29) is 17.3 Å². The first-order chi connectivity index (χ1) is 9.70. The van der Waals surface area contributed by atoms with Crippen molar-refractivity contribution in [3.05, 3.63) is 33.8 Å². The van der Waals surface area contributed by atoms with Crippen LogP contribution >= 0.6 is 15.9 Å². The number of hydrogen-bond donors (Lipinski definition) is 1. The van der Waals surface area contributed by atoms with Crippen molar-refractivity contribution in [1.82, 2.24) is 14.8 Å². The molecule has 0 amide bonds. The van der Waals surface area contributed by atoms with Crippen molar-refractivity contribution in [3.8, 4) is 5.75 Å². The molecule has 0 fully saturated rings. The van der Waals surface area contributed by atoms with Crippen molar-refractivity contribution >= 4 is 26.0 Å². The van der Waals surface area contributed by atoms with Gasteiger partial charge in [-0.25, -0.2) is 13.6 Å². The Labute approximate surface area is 131 Å². The van der Waals surface area contributed by atoms with E-state index in [4.69, 9.17) is 9.88 Å². The summed E-state index contributed by atoms with van der Waals surface area (Å²) in [7, 11) is -2.08. The van der Waals surface area contributed by atoms with Crippen LogP contribution in [0.1, 0.15) is 17.2 Å². The maximum atomic E-state index is 11.7. The number of benzene rings is 1. The lowest BCUT2D eigenvalue weighted by Gasteiger charge is -2.13. The van der Waals surface area contributed by atoms with E-state index >= 15 is 0 Å². The minimum Gasteiger partial charge on any atom is -0.484 e. The van der Waals surface area contributed by atoms with Crippen LogP contribution in [-0.2, 0) is 23.7 Å². The van der Waals surface area contributed by atoms with Crippen molar-refractivity contribution in [2.45, 2.75) is 25.3 Å². The molecule has 114 valence electrons. The van der Waals surface area contributed by atoms with Crippen molar-refractivity contribution in [3.63, 3.8) is 0 Å². The summed E-state index contributed by atoms with van der Waals surface area (Å²) in [6.45, 7) is 3.66. The summed E-state index contributed by atoms with van der Waals surface area (Å²) in [5.41, 5.74) is 0.660. The Morgan fingerprint density at radius 2 is 2.00 bits per heavy atom. The molecule has 2 aromatic rings. The maximum absolute atomic E-state index is 11.7. The summed E-state index contributed by atoms with van der Waals surface area (Å²) < 4.78 is 31.4. The number of ether oxygens (including phenoxy) is 1. The molecule has 1 aromatic carbocycles. The summed E-state index contributed by atoms with van der Waals surface area (Å²) in [5, 5.41) is 13.1. The Morgan fingerprint density at radius 3 is 2.52 bits per heavy atom. The average Bonchev–Trinajstić information content (AvgIpc) is 2.67. The zero-order chi connectivity index (χ0) is 15.8. The van der Waals surface area contributed by atoms with Crippen LogP contribution in [0, 0.1) is 13.8 Å². The highest BCUT2D eigenvalue weighted by atomic mass is 79.9. The minimum atomic E-state index is -3.89. The van der Waals surface area contributed by atoms with Gasteiger partial charge in [-0.1, -0.05) is 15.9 Å². The van der Waals surface area contributed by atoms with Crippen molar-refractivity contribution in [2.24, 2.45) is 12.2 Å². The van der Waals surface area contributed by atoms with Gasteiger partial charge in [-0.15, -0.1) is 10.2 Å². The third kappa shape index (κ3) is 3.42. The lowest BCUT2D eigenvalue weighted by molar-refractivity contribution is 0.281. The predicted molar refractivity (Wildman–Crippen MR) is 80.3 cm³/mol. The highest BCUT2D eigenvalue weighted by molar-refractivity contribution is 9.10. The zero-order valence-electron chi connectivity index (χ0n) is 11.8. The van der Waals surface area contributed by atoms with Gasteiger partial charge in [-0.3, -0.25) is 0 Å². The number of rotatable bonds is 4. The predicted octanol–water partition coefficient (Wildman–Crippen LogP) is 1.42. The summed E-state index contributed by atoms with van der Waals surface area (Å²) in [4.78, 5) is -0.0618. The Kier molecular flexibility index (Phi) is 4.35. The van der Waals surface area contributed by atoms with Crippen LogP contribution in [0.2, 0.25) is 0 Å². The van der Waals surface area contributed by atoms with E-state index in [1.54, 1.807) is 17.6 Å². The Hall–Kier alpha value is -1.45. The highest BCUT2D eigenvalue weighted by Crippen LogP contribution is 2.31. The summed E-state index contributed by atoms with van der Waals surface area (Å²) >= 11 is 3.25. The summed E-state index contributed by atoms with van der Waals surface area (Å²) in [6, 6.07) is 3.17. The van der Waals surface area contributed by atoms with Crippen molar-refractivity contribution in [2.75, 3.05) is 0 Å². The fourth-order valence-corrected chi connectivity index (χ4v) is 3.30. The first kappa shape index (κ1) is 15.9. The molecular weight excluding hydrogens is 360 g/mol. The fraction of sp³-hybridized carbons (Fsp3) is 0.333. The lowest BCUT2D eigenvalue weighted by Crippen LogP contribution is -2.15. The highest BCUT2D eigenvalue weighted by Gasteiger charge is 2.19.